The van der Waals surface area contributed by atoms with Crippen molar-refractivity contribution in [1.29, 1.82) is 5.26 Å². The van der Waals surface area contributed by atoms with Crippen LogP contribution in [0.3, 0.4) is 0 Å². The van der Waals surface area contributed by atoms with Crippen molar-refractivity contribution in [1.82, 2.24) is 9.97 Å². The number of hydrogen-bond acceptors (Lipinski definition) is 5. The number of rotatable bonds is 2. The van der Waals surface area contributed by atoms with Crippen LogP contribution < -0.4 is 0 Å². The Hall–Kier alpha value is -2.58. The Kier molecular flexibility index (Phi) is 3.23. The molecule has 0 unspecified atom stereocenters. The van der Waals surface area contributed by atoms with E-state index in [0.717, 1.165) is 15.7 Å². The van der Waals surface area contributed by atoms with Crippen molar-refractivity contribution in [3.05, 3.63) is 54.5 Å². The summed E-state index contributed by atoms with van der Waals surface area (Å²) < 4.78 is 0. The molecule has 0 radical (unpaired) electrons. The smallest absolute Gasteiger partial charge is 0.158 e. The van der Waals surface area contributed by atoms with E-state index in [1.165, 1.54) is 18.0 Å². The zero-order chi connectivity index (χ0) is 13.9. The van der Waals surface area contributed by atoms with Gasteiger partial charge in [0.2, 0.25) is 0 Å². The molecular formula is C15H9N3OS. The molecule has 5 heteroatoms. The first-order valence-corrected chi connectivity index (χ1v) is 6.70. The summed E-state index contributed by atoms with van der Waals surface area (Å²) in [6, 6.07) is 13.1. The molecule has 96 valence electrons. The molecule has 4 nitrogen and oxygen atoms in total. The molecule has 3 aromatic rings. The molecule has 2 aromatic carbocycles. The molecule has 0 saturated heterocycles. The van der Waals surface area contributed by atoms with Crippen molar-refractivity contribution in [3.8, 4) is 11.8 Å². The monoisotopic (exact) mass is 279 g/mol. The molecule has 0 aliphatic rings. The van der Waals surface area contributed by atoms with Gasteiger partial charge in [-0.3, -0.25) is 0 Å². The number of benzene rings is 2. The summed E-state index contributed by atoms with van der Waals surface area (Å²) in [4.78, 5) is 9.17. The van der Waals surface area contributed by atoms with Crippen LogP contribution in [0.1, 0.15) is 5.69 Å². The molecule has 0 fully saturated rings. The molecule has 0 aliphatic carbocycles. The van der Waals surface area contributed by atoms with E-state index < -0.39 is 0 Å². The number of fused-ring (bicyclic) bond motifs is 1. The molecular weight excluding hydrogens is 270 g/mol. The second kappa shape index (κ2) is 5.19. The van der Waals surface area contributed by atoms with Crippen LogP contribution in [0, 0.1) is 11.3 Å². The Morgan fingerprint density at radius 2 is 1.80 bits per heavy atom. The third-order valence-electron chi connectivity index (χ3n) is 2.82. The highest BCUT2D eigenvalue weighted by atomic mass is 32.2. The van der Waals surface area contributed by atoms with Crippen molar-refractivity contribution in [2.24, 2.45) is 0 Å². The molecule has 0 amide bonds. The van der Waals surface area contributed by atoms with Crippen molar-refractivity contribution in [3.63, 3.8) is 0 Å². The third-order valence-corrected chi connectivity index (χ3v) is 3.81. The van der Waals surface area contributed by atoms with Gasteiger partial charge in [-0.05, 0) is 17.5 Å². The van der Waals surface area contributed by atoms with E-state index in [1.54, 1.807) is 12.3 Å². The second-order valence-electron chi connectivity index (χ2n) is 4.08. The van der Waals surface area contributed by atoms with Crippen LogP contribution in [-0.2, 0) is 0 Å². The van der Waals surface area contributed by atoms with E-state index in [9.17, 15) is 5.11 Å². The first-order valence-electron chi connectivity index (χ1n) is 5.88. The standard InChI is InChI=1S/C15H9N3OS/c16-7-10-8-18-15(9-17-10)20-14-6-5-13(19)11-3-1-2-4-12(11)14/h1-6,8-9,19H. The number of aromatic nitrogens is 2. The number of nitrogens with zero attached hydrogens (tertiary/aromatic N) is 3. The fourth-order valence-corrected chi connectivity index (χ4v) is 2.74. The zero-order valence-corrected chi connectivity index (χ0v) is 11.1. The minimum absolute atomic E-state index is 0.260. The van der Waals surface area contributed by atoms with Gasteiger partial charge in [-0.15, -0.1) is 0 Å². The van der Waals surface area contributed by atoms with Gasteiger partial charge >= 0.3 is 0 Å². The lowest BCUT2D eigenvalue weighted by atomic mass is 10.1. The lowest BCUT2D eigenvalue weighted by Gasteiger charge is -2.07. The third kappa shape index (κ3) is 2.29. The van der Waals surface area contributed by atoms with Gasteiger partial charge in [-0.1, -0.05) is 36.0 Å². The summed E-state index contributed by atoms with van der Waals surface area (Å²) in [5.41, 5.74) is 0.296. The average molecular weight is 279 g/mol. The van der Waals surface area contributed by atoms with E-state index in [1.807, 2.05) is 36.4 Å². The zero-order valence-electron chi connectivity index (χ0n) is 10.3. The fourth-order valence-electron chi connectivity index (χ4n) is 1.88. The maximum atomic E-state index is 9.86. The van der Waals surface area contributed by atoms with Crippen LogP contribution in [0.15, 0.2) is 58.7 Å². The fraction of sp³-hybridized carbons (Fsp3) is 0. The van der Waals surface area contributed by atoms with Crippen LogP contribution in [0.5, 0.6) is 5.75 Å². The normalized spacial score (nSPS) is 10.3. The summed E-state index contributed by atoms with van der Waals surface area (Å²) in [5.74, 6) is 0.260. The molecule has 1 heterocycles. The highest BCUT2D eigenvalue weighted by molar-refractivity contribution is 7.99. The van der Waals surface area contributed by atoms with Crippen LogP contribution in [0.2, 0.25) is 0 Å². The Morgan fingerprint density at radius 3 is 2.50 bits per heavy atom. The molecule has 1 N–H and O–H groups in total. The first-order chi connectivity index (χ1) is 9.78. The predicted molar refractivity (Wildman–Crippen MR) is 76.5 cm³/mol. The van der Waals surface area contributed by atoms with Gasteiger partial charge in [0.15, 0.2) is 5.69 Å². The molecule has 0 saturated carbocycles. The van der Waals surface area contributed by atoms with E-state index in [2.05, 4.69) is 9.97 Å². The molecule has 0 atom stereocenters. The van der Waals surface area contributed by atoms with Gasteiger partial charge in [0.25, 0.3) is 0 Å². The topological polar surface area (TPSA) is 69.8 Å². The van der Waals surface area contributed by atoms with Crippen molar-refractivity contribution in [2.75, 3.05) is 0 Å². The minimum Gasteiger partial charge on any atom is -0.507 e. The van der Waals surface area contributed by atoms with Crippen LogP contribution >= 0.6 is 11.8 Å². The summed E-state index contributed by atoms with van der Waals surface area (Å²) in [6.45, 7) is 0. The van der Waals surface area contributed by atoms with Crippen LogP contribution in [0.4, 0.5) is 0 Å². The van der Waals surface area contributed by atoms with Crippen molar-refractivity contribution in [2.45, 2.75) is 9.92 Å². The van der Waals surface area contributed by atoms with Gasteiger partial charge in [0.05, 0.1) is 12.4 Å². The molecule has 20 heavy (non-hydrogen) atoms. The first kappa shape index (κ1) is 12.5. The van der Waals surface area contributed by atoms with E-state index in [-0.39, 0.29) is 5.75 Å². The number of phenolic OH excluding ortho intramolecular Hbond substituents is 1. The van der Waals surface area contributed by atoms with Gasteiger partial charge in [0.1, 0.15) is 16.8 Å². The number of hydrogen-bond donors (Lipinski definition) is 1. The van der Waals surface area contributed by atoms with Crippen LogP contribution in [-0.4, -0.2) is 15.1 Å². The highest BCUT2D eigenvalue weighted by Crippen LogP contribution is 2.35. The highest BCUT2D eigenvalue weighted by Gasteiger charge is 2.07. The number of aromatic hydroxyl groups is 1. The number of phenols is 1. The van der Waals surface area contributed by atoms with E-state index in [4.69, 9.17) is 5.26 Å². The van der Waals surface area contributed by atoms with Gasteiger partial charge in [-0.2, -0.15) is 5.26 Å². The molecule has 0 bridgehead atoms. The largest absolute Gasteiger partial charge is 0.507 e. The summed E-state index contributed by atoms with van der Waals surface area (Å²) in [6.07, 6.45) is 3.02. The molecule has 0 aliphatic heterocycles. The van der Waals surface area contributed by atoms with Gasteiger partial charge in [-0.25, -0.2) is 9.97 Å². The Balaban J connectivity index is 2.02. The summed E-state index contributed by atoms with van der Waals surface area (Å²) in [7, 11) is 0. The van der Waals surface area contributed by atoms with E-state index in [0.29, 0.717) is 10.7 Å². The van der Waals surface area contributed by atoms with E-state index >= 15 is 0 Å². The molecule has 0 spiro atoms. The van der Waals surface area contributed by atoms with Crippen LogP contribution in [0.25, 0.3) is 10.8 Å². The maximum Gasteiger partial charge on any atom is 0.158 e. The Morgan fingerprint density at radius 1 is 1.00 bits per heavy atom. The minimum atomic E-state index is 0.260. The predicted octanol–water partition coefficient (Wildman–Crippen LogP) is 3.36. The SMILES string of the molecule is N#Cc1cnc(Sc2ccc(O)c3ccccc23)cn1. The Bertz CT molecular complexity index is 809. The van der Waals surface area contributed by atoms with Gasteiger partial charge in [0, 0.05) is 10.3 Å². The van der Waals surface area contributed by atoms with Crippen molar-refractivity contribution < 1.29 is 5.11 Å². The number of nitriles is 1. The van der Waals surface area contributed by atoms with Crippen molar-refractivity contribution >= 4 is 22.5 Å². The average Bonchev–Trinajstić information content (AvgIpc) is 2.51. The molecule has 1 aromatic heterocycles. The maximum absolute atomic E-state index is 9.86. The lowest BCUT2D eigenvalue weighted by Crippen LogP contribution is -1.87. The quantitative estimate of drug-likeness (QED) is 0.779. The lowest BCUT2D eigenvalue weighted by molar-refractivity contribution is 0.481. The molecule has 3 rings (SSSR count). The summed E-state index contributed by atoms with van der Waals surface area (Å²) >= 11 is 1.45. The summed E-state index contributed by atoms with van der Waals surface area (Å²) in [5, 5.41) is 21.0. The second-order valence-corrected chi connectivity index (χ2v) is 5.14. The van der Waals surface area contributed by atoms with Gasteiger partial charge < -0.3 is 5.11 Å². The Labute approximate surface area is 119 Å².